The lowest BCUT2D eigenvalue weighted by atomic mass is 9.98. The number of hydrogen-bond donors (Lipinski definition) is 2. The molecule has 0 amide bonds. The van der Waals surface area contributed by atoms with Crippen LogP contribution < -0.4 is 5.32 Å². The summed E-state index contributed by atoms with van der Waals surface area (Å²) < 4.78 is 0. The topological polar surface area (TPSA) is 45.1 Å². The minimum atomic E-state index is 0.0845. The zero-order valence-electron chi connectivity index (χ0n) is 11.2. The van der Waals surface area contributed by atoms with Crippen molar-refractivity contribution in [2.24, 2.45) is 0 Å². The van der Waals surface area contributed by atoms with Crippen LogP contribution in [0.1, 0.15) is 30.5 Å². The normalized spacial score (nSPS) is 14.0. The van der Waals surface area contributed by atoms with Gasteiger partial charge in [0.2, 0.25) is 0 Å². The van der Waals surface area contributed by atoms with Crippen molar-refractivity contribution >= 4 is 0 Å². The predicted molar refractivity (Wildman–Crippen MR) is 76.8 cm³/mol. The third-order valence-corrected chi connectivity index (χ3v) is 3.29. The van der Waals surface area contributed by atoms with E-state index in [2.05, 4.69) is 29.4 Å². The Morgan fingerprint density at radius 1 is 1.05 bits per heavy atom. The van der Waals surface area contributed by atoms with Crippen LogP contribution in [0, 0.1) is 0 Å². The van der Waals surface area contributed by atoms with Crippen molar-refractivity contribution < 1.29 is 5.11 Å². The molecule has 19 heavy (non-hydrogen) atoms. The lowest BCUT2D eigenvalue weighted by molar-refractivity contribution is 0.232. The molecular formula is C16H20N2O. The molecule has 0 saturated carbocycles. The molecule has 2 atom stereocenters. The molecule has 3 heteroatoms. The first-order chi connectivity index (χ1) is 9.35. The highest BCUT2D eigenvalue weighted by atomic mass is 16.3. The molecule has 100 valence electrons. The highest BCUT2D eigenvalue weighted by molar-refractivity contribution is 5.30. The minimum absolute atomic E-state index is 0.0845. The van der Waals surface area contributed by atoms with E-state index in [0.29, 0.717) is 0 Å². The Labute approximate surface area is 114 Å². The second kappa shape index (κ2) is 7.02. The summed E-state index contributed by atoms with van der Waals surface area (Å²) in [6.45, 7) is 2.22. The van der Waals surface area contributed by atoms with Gasteiger partial charge in [-0.15, -0.1) is 0 Å². The summed E-state index contributed by atoms with van der Waals surface area (Å²) in [5, 5.41) is 12.9. The Morgan fingerprint density at radius 2 is 1.68 bits per heavy atom. The van der Waals surface area contributed by atoms with Crippen LogP contribution in [0.25, 0.3) is 0 Å². The molecule has 1 unspecified atom stereocenters. The molecule has 0 aliphatic heterocycles. The minimum Gasteiger partial charge on any atom is -0.395 e. The average Bonchev–Trinajstić information content (AvgIpc) is 2.50. The third kappa shape index (κ3) is 3.63. The van der Waals surface area contributed by atoms with Crippen LogP contribution in [-0.4, -0.2) is 22.7 Å². The number of nitrogens with zero attached hydrogens (tertiary/aromatic N) is 1. The first-order valence-corrected chi connectivity index (χ1v) is 6.67. The molecule has 0 aliphatic carbocycles. The van der Waals surface area contributed by atoms with Crippen molar-refractivity contribution in [3.05, 3.63) is 66.0 Å². The lowest BCUT2D eigenvalue weighted by Crippen LogP contribution is -2.35. The van der Waals surface area contributed by atoms with Crippen molar-refractivity contribution in [2.45, 2.75) is 25.4 Å². The molecule has 1 aromatic carbocycles. The molecule has 2 aromatic rings. The number of rotatable bonds is 6. The third-order valence-electron chi connectivity index (χ3n) is 3.29. The molecule has 0 radical (unpaired) electrons. The Hall–Kier alpha value is -1.71. The number of pyridine rings is 1. The fraction of sp³-hybridized carbons (Fsp3) is 0.312. The maximum atomic E-state index is 9.39. The van der Waals surface area contributed by atoms with Crippen LogP contribution in [0.3, 0.4) is 0 Å². The zero-order valence-corrected chi connectivity index (χ0v) is 11.2. The summed E-state index contributed by atoms with van der Waals surface area (Å²) in [5.41, 5.74) is 2.36. The summed E-state index contributed by atoms with van der Waals surface area (Å²) in [6.07, 6.45) is 4.49. The summed E-state index contributed by atoms with van der Waals surface area (Å²) in [6, 6.07) is 14.5. The van der Waals surface area contributed by atoms with E-state index >= 15 is 0 Å². The highest BCUT2D eigenvalue weighted by Gasteiger charge is 2.17. The van der Waals surface area contributed by atoms with Crippen molar-refractivity contribution in [3.8, 4) is 0 Å². The predicted octanol–water partition coefficient (Wildman–Crippen LogP) is 2.53. The number of aromatic nitrogens is 1. The molecule has 0 bridgehead atoms. The smallest absolute Gasteiger partial charge is 0.0584 e. The van der Waals surface area contributed by atoms with Gasteiger partial charge in [0, 0.05) is 18.4 Å². The van der Waals surface area contributed by atoms with Gasteiger partial charge in [0.1, 0.15) is 0 Å². The van der Waals surface area contributed by atoms with Crippen molar-refractivity contribution in [1.82, 2.24) is 10.3 Å². The van der Waals surface area contributed by atoms with Crippen LogP contribution in [0.2, 0.25) is 0 Å². The van der Waals surface area contributed by atoms with Crippen LogP contribution in [0.4, 0.5) is 0 Å². The number of aliphatic hydroxyl groups excluding tert-OH is 1. The molecule has 1 heterocycles. The zero-order chi connectivity index (χ0) is 13.5. The second-order valence-corrected chi connectivity index (χ2v) is 4.58. The fourth-order valence-electron chi connectivity index (χ4n) is 2.12. The molecule has 0 aliphatic rings. The van der Waals surface area contributed by atoms with E-state index in [4.69, 9.17) is 0 Å². The number of benzene rings is 1. The monoisotopic (exact) mass is 256 g/mol. The Kier molecular flexibility index (Phi) is 5.07. The quantitative estimate of drug-likeness (QED) is 0.835. The van der Waals surface area contributed by atoms with E-state index in [9.17, 15) is 5.11 Å². The van der Waals surface area contributed by atoms with E-state index < -0.39 is 0 Å². The molecule has 2 rings (SSSR count). The van der Waals surface area contributed by atoms with Gasteiger partial charge in [0.25, 0.3) is 0 Å². The van der Waals surface area contributed by atoms with Gasteiger partial charge >= 0.3 is 0 Å². The summed E-state index contributed by atoms with van der Waals surface area (Å²) >= 11 is 0. The van der Waals surface area contributed by atoms with Crippen LogP contribution >= 0.6 is 0 Å². The summed E-state index contributed by atoms with van der Waals surface area (Å²) in [7, 11) is 0. The standard InChI is InChI=1S/C16H20N2O/c1-2-15(12-19)18-16(13-6-4-3-5-7-13)14-8-10-17-11-9-14/h3-11,15-16,18-19H,2,12H2,1H3/t15-,16?/m0/s1. The summed E-state index contributed by atoms with van der Waals surface area (Å²) in [5.74, 6) is 0. The van der Waals surface area contributed by atoms with E-state index in [1.165, 1.54) is 5.56 Å². The molecule has 2 N–H and O–H groups in total. The first-order valence-electron chi connectivity index (χ1n) is 6.67. The van der Waals surface area contributed by atoms with E-state index in [-0.39, 0.29) is 18.7 Å². The fourth-order valence-corrected chi connectivity index (χ4v) is 2.12. The SMILES string of the molecule is CC[C@@H](CO)NC(c1ccccc1)c1ccncc1. The molecule has 0 fully saturated rings. The highest BCUT2D eigenvalue weighted by Crippen LogP contribution is 2.22. The van der Waals surface area contributed by atoms with Gasteiger partial charge in [-0.1, -0.05) is 37.3 Å². The molecule has 1 aromatic heterocycles. The van der Waals surface area contributed by atoms with Crippen LogP contribution in [0.15, 0.2) is 54.9 Å². The van der Waals surface area contributed by atoms with Gasteiger partial charge < -0.3 is 10.4 Å². The maximum absolute atomic E-state index is 9.39. The number of hydrogen-bond acceptors (Lipinski definition) is 3. The lowest BCUT2D eigenvalue weighted by Gasteiger charge is -2.24. The average molecular weight is 256 g/mol. The van der Waals surface area contributed by atoms with Crippen LogP contribution in [-0.2, 0) is 0 Å². The van der Waals surface area contributed by atoms with Crippen LogP contribution in [0.5, 0.6) is 0 Å². The Balaban J connectivity index is 2.29. The second-order valence-electron chi connectivity index (χ2n) is 4.58. The van der Waals surface area contributed by atoms with Crippen molar-refractivity contribution in [3.63, 3.8) is 0 Å². The van der Waals surface area contributed by atoms with E-state index in [0.717, 1.165) is 12.0 Å². The van der Waals surface area contributed by atoms with Gasteiger partial charge in [0.15, 0.2) is 0 Å². The van der Waals surface area contributed by atoms with Gasteiger partial charge in [0.05, 0.1) is 12.6 Å². The molecule has 0 saturated heterocycles. The van der Waals surface area contributed by atoms with Gasteiger partial charge in [-0.2, -0.15) is 0 Å². The number of nitrogens with one attached hydrogen (secondary N) is 1. The van der Waals surface area contributed by atoms with Gasteiger partial charge in [-0.05, 0) is 29.7 Å². The molecule has 3 nitrogen and oxygen atoms in total. The number of aliphatic hydroxyl groups is 1. The van der Waals surface area contributed by atoms with Crippen molar-refractivity contribution in [1.29, 1.82) is 0 Å². The molecular weight excluding hydrogens is 236 g/mol. The summed E-state index contributed by atoms with van der Waals surface area (Å²) in [4.78, 5) is 4.06. The largest absolute Gasteiger partial charge is 0.395 e. The Bertz CT molecular complexity index is 429. The Morgan fingerprint density at radius 3 is 2.26 bits per heavy atom. The van der Waals surface area contributed by atoms with Gasteiger partial charge in [-0.25, -0.2) is 0 Å². The van der Waals surface area contributed by atoms with E-state index in [1.807, 2.05) is 30.3 Å². The molecule has 0 spiro atoms. The maximum Gasteiger partial charge on any atom is 0.0584 e. The van der Waals surface area contributed by atoms with E-state index in [1.54, 1.807) is 12.4 Å². The first kappa shape index (κ1) is 13.7. The van der Waals surface area contributed by atoms with Gasteiger partial charge in [-0.3, -0.25) is 4.98 Å². The van der Waals surface area contributed by atoms with Crippen molar-refractivity contribution in [2.75, 3.05) is 6.61 Å².